The summed E-state index contributed by atoms with van der Waals surface area (Å²) in [5, 5.41) is 0. The zero-order valence-corrected chi connectivity index (χ0v) is 40.4. The molecule has 0 spiro atoms. The topological polar surface area (TPSA) is 78.9 Å². The highest BCUT2D eigenvalue weighted by Gasteiger charge is 2.19. The number of rotatable bonds is 47. The zero-order chi connectivity index (χ0) is 44.4. The van der Waals surface area contributed by atoms with Gasteiger partial charge in [-0.2, -0.15) is 0 Å². The summed E-state index contributed by atoms with van der Waals surface area (Å²) in [6, 6.07) is 0. The average Bonchev–Trinajstić information content (AvgIpc) is 3.26. The first-order chi connectivity index (χ1) is 30.0. The maximum Gasteiger partial charge on any atom is 0.306 e. The van der Waals surface area contributed by atoms with Crippen molar-refractivity contribution < 1.29 is 28.6 Å². The van der Waals surface area contributed by atoms with Gasteiger partial charge in [-0.3, -0.25) is 14.4 Å². The smallest absolute Gasteiger partial charge is 0.306 e. The number of unbranched alkanes of at least 4 members (excludes halogenated alkanes) is 28. The summed E-state index contributed by atoms with van der Waals surface area (Å²) < 4.78 is 16.8. The molecule has 0 bridgehead atoms. The van der Waals surface area contributed by atoms with Gasteiger partial charge in [-0.25, -0.2) is 0 Å². The van der Waals surface area contributed by atoms with Crippen molar-refractivity contribution in [1.29, 1.82) is 0 Å². The van der Waals surface area contributed by atoms with E-state index in [0.717, 1.165) is 103 Å². The molecule has 0 aromatic rings. The van der Waals surface area contributed by atoms with Crippen molar-refractivity contribution in [3.63, 3.8) is 0 Å². The van der Waals surface area contributed by atoms with Gasteiger partial charge in [0.15, 0.2) is 6.10 Å². The highest BCUT2D eigenvalue weighted by atomic mass is 16.6. The van der Waals surface area contributed by atoms with Crippen LogP contribution in [0.2, 0.25) is 0 Å². The van der Waals surface area contributed by atoms with Crippen LogP contribution in [-0.4, -0.2) is 37.2 Å². The molecule has 0 saturated heterocycles. The summed E-state index contributed by atoms with van der Waals surface area (Å²) in [6.45, 7) is 6.57. The third kappa shape index (κ3) is 48.3. The lowest BCUT2D eigenvalue weighted by molar-refractivity contribution is -0.167. The second kappa shape index (κ2) is 50.0. The molecular weight excluding hydrogens is 757 g/mol. The average molecular weight is 855 g/mol. The lowest BCUT2D eigenvalue weighted by Gasteiger charge is -2.18. The first-order valence-corrected chi connectivity index (χ1v) is 26.1. The molecule has 1 unspecified atom stereocenters. The van der Waals surface area contributed by atoms with Crippen LogP contribution in [0, 0.1) is 0 Å². The maximum atomic E-state index is 12.8. The Labute approximate surface area is 378 Å². The van der Waals surface area contributed by atoms with Crippen LogP contribution in [0.5, 0.6) is 0 Å². The van der Waals surface area contributed by atoms with Crippen LogP contribution in [0.25, 0.3) is 0 Å². The van der Waals surface area contributed by atoms with Gasteiger partial charge in [0.25, 0.3) is 0 Å². The Hall–Kier alpha value is -2.63. The normalized spacial score (nSPS) is 12.4. The van der Waals surface area contributed by atoms with E-state index in [0.29, 0.717) is 19.3 Å². The van der Waals surface area contributed by atoms with Crippen molar-refractivity contribution in [2.45, 2.75) is 271 Å². The van der Waals surface area contributed by atoms with E-state index in [1.807, 2.05) is 0 Å². The largest absolute Gasteiger partial charge is 0.462 e. The Morgan fingerprint density at radius 2 is 0.590 bits per heavy atom. The molecule has 0 rings (SSSR count). The van der Waals surface area contributed by atoms with Gasteiger partial charge < -0.3 is 14.2 Å². The monoisotopic (exact) mass is 855 g/mol. The number of allylic oxidation sites excluding steroid dienone is 8. The number of hydrogen-bond donors (Lipinski definition) is 0. The molecule has 61 heavy (non-hydrogen) atoms. The molecule has 354 valence electrons. The molecule has 0 aliphatic heterocycles. The Balaban J connectivity index is 4.41. The van der Waals surface area contributed by atoms with Crippen LogP contribution in [0.1, 0.15) is 265 Å². The third-order valence-electron chi connectivity index (χ3n) is 11.3. The predicted octanol–water partition coefficient (Wildman–Crippen LogP) is 17.1. The second-order valence-electron chi connectivity index (χ2n) is 17.4. The van der Waals surface area contributed by atoms with E-state index in [-0.39, 0.29) is 31.1 Å². The van der Waals surface area contributed by atoms with E-state index in [1.165, 1.54) is 122 Å². The molecular formula is C55H98O6. The van der Waals surface area contributed by atoms with Gasteiger partial charge in [0.1, 0.15) is 13.2 Å². The fraction of sp³-hybridized carbons (Fsp3) is 0.800. The Morgan fingerprint density at radius 3 is 0.934 bits per heavy atom. The molecule has 6 nitrogen and oxygen atoms in total. The SMILES string of the molecule is CCCCC/C=C\C/C=C\CCCCCCCC(=O)OCC(COC(=O)CCCCCCCCCCCCCCC)OC(=O)CCCCCCC/C=C/C/C=C/CCCCC. The molecule has 0 aliphatic rings. The third-order valence-corrected chi connectivity index (χ3v) is 11.3. The van der Waals surface area contributed by atoms with Gasteiger partial charge in [-0.05, 0) is 83.5 Å². The molecule has 0 amide bonds. The molecule has 0 fully saturated rings. The number of carbonyl (C=O) groups is 3. The van der Waals surface area contributed by atoms with Crippen LogP contribution >= 0.6 is 0 Å². The van der Waals surface area contributed by atoms with E-state index in [4.69, 9.17) is 14.2 Å². The Kier molecular flexibility index (Phi) is 47.9. The molecule has 0 aromatic carbocycles. The minimum Gasteiger partial charge on any atom is -0.462 e. The summed E-state index contributed by atoms with van der Waals surface area (Å²) in [4.78, 5) is 38.0. The van der Waals surface area contributed by atoms with Crippen molar-refractivity contribution >= 4 is 17.9 Å². The van der Waals surface area contributed by atoms with Gasteiger partial charge in [0.2, 0.25) is 0 Å². The number of carbonyl (C=O) groups excluding carboxylic acids is 3. The van der Waals surface area contributed by atoms with Crippen LogP contribution in [0.3, 0.4) is 0 Å². The van der Waals surface area contributed by atoms with Gasteiger partial charge in [0.05, 0.1) is 0 Å². The lowest BCUT2D eigenvalue weighted by Crippen LogP contribution is -2.30. The fourth-order valence-electron chi connectivity index (χ4n) is 7.33. The van der Waals surface area contributed by atoms with Crippen LogP contribution in [0.4, 0.5) is 0 Å². The summed E-state index contributed by atoms with van der Waals surface area (Å²) in [5.74, 6) is -0.902. The summed E-state index contributed by atoms with van der Waals surface area (Å²) in [6.07, 6.45) is 59.4. The minimum atomic E-state index is -0.783. The first kappa shape index (κ1) is 58.4. The highest BCUT2D eigenvalue weighted by Crippen LogP contribution is 2.15. The van der Waals surface area contributed by atoms with Crippen molar-refractivity contribution in [2.24, 2.45) is 0 Å². The van der Waals surface area contributed by atoms with Gasteiger partial charge in [-0.15, -0.1) is 0 Å². The first-order valence-electron chi connectivity index (χ1n) is 26.1. The van der Waals surface area contributed by atoms with E-state index in [2.05, 4.69) is 69.4 Å². The van der Waals surface area contributed by atoms with Crippen molar-refractivity contribution in [1.82, 2.24) is 0 Å². The van der Waals surface area contributed by atoms with Crippen molar-refractivity contribution in [3.8, 4) is 0 Å². The molecule has 0 heterocycles. The van der Waals surface area contributed by atoms with E-state index in [9.17, 15) is 14.4 Å². The molecule has 0 N–H and O–H groups in total. The van der Waals surface area contributed by atoms with E-state index < -0.39 is 6.10 Å². The summed E-state index contributed by atoms with van der Waals surface area (Å²) in [5.41, 5.74) is 0. The fourth-order valence-corrected chi connectivity index (χ4v) is 7.33. The predicted molar refractivity (Wildman–Crippen MR) is 261 cm³/mol. The van der Waals surface area contributed by atoms with Crippen molar-refractivity contribution in [2.75, 3.05) is 13.2 Å². The Morgan fingerprint density at radius 1 is 0.328 bits per heavy atom. The standard InChI is InChI=1S/C55H98O6/c1-4-7-10-13-16-19-22-25-27-30-33-36-39-42-45-48-54(57)60-51-52(50-59-53(56)47-44-41-38-35-32-29-24-21-18-15-12-9-6-3)61-55(58)49-46-43-40-37-34-31-28-26-23-20-17-14-11-8-5-2/h16-17,19-20,25-28,52H,4-15,18,21-24,29-51H2,1-3H3/b19-16-,20-17+,27-25-,28-26+. The van der Waals surface area contributed by atoms with Crippen LogP contribution in [-0.2, 0) is 28.6 Å². The summed E-state index contributed by atoms with van der Waals surface area (Å²) >= 11 is 0. The molecule has 0 saturated carbocycles. The molecule has 6 heteroatoms. The van der Waals surface area contributed by atoms with Crippen molar-refractivity contribution in [3.05, 3.63) is 48.6 Å². The van der Waals surface area contributed by atoms with Gasteiger partial charge in [0, 0.05) is 19.3 Å². The quantitative estimate of drug-likeness (QED) is 0.0263. The molecule has 0 aliphatic carbocycles. The number of esters is 3. The molecule has 0 radical (unpaired) electrons. The lowest BCUT2D eigenvalue weighted by atomic mass is 10.0. The summed E-state index contributed by atoms with van der Waals surface area (Å²) in [7, 11) is 0. The Bertz CT molecular complexity index is 1070. The molecule has 1 atom stereocenters. The van der Waals surface area contributed by atoms with E-state index >= 15 is 0 Å². The second-order valence-corrected chi connectivity index (χ2v) is 17.4. The number of ether oxygens (including phenoxy) is 3. The van der Waals surface area contributed by atoms with Gasteiger partial charge in [-0.1, -0.05) is 211 Å². The highest BCUT2D eigenvalue weighted by molar-refractivity contribution is 5.71. The minimum absolute atomic E-state index is 0.0812. The van der Waals surface area contributed by atoms with Crippen LogP contribution in [0.15, 0.2) is 48.6 Å². The van der Waals surface area contributed by atoms with Gasteiger partial charge >= 0.3 is 17.9 Å². The molecule has 0 aromatic heterocycles. The zero-order valence-electron chi connectivity index (χ0n) is 40.4. The van der Waals surface area contributed by atoms with Crippen LogP contribution < -0.4 is 0 Å². The number of hydrogen-bond acceptors (Lipinski definition) is 6. The maximum absolute atomic E-state index is 12.8. The van der Waals surface area contributed by atoms with E-state index in [1.54, 1.807) is 0 Å².